The number of carbonyl (C=O) groups excluding carboxylic acids is 3. The van der Waals surface area contributed by atoms with Gasteiger partial charge in [-0.3, -0.25) is 9.89 Å². The van der Waals surface area contributed by atoms with Gasteiger partial charge in [-0.25, -0.2) is 19.6 Å². The largest absolute Gasteiger partial charge is 0.338 e. The monoisotopic (exact) mass is 613 g/mol. The molecule has 4 N–H and O–H groups in total. The number of hydrogen-bond donors (Lipinski definition) is 4. The summed E-state index contributed by atoms with van der Waals surface area (Å²) < 4.78 is 0. The molecule has 3 fully saturated rings. The molecule has 12 heteroatoms. The van der Waals surface area contributed by atoms with Gasteiger partial charge in [0.05, 0.1) is 17.3 Å². The van der Waals surface area contributed by atoms with E-state index in [9.17, 15) is 14.4 Å². The van der Waals surface area contributed by atoms with Crippen molar-refractivity contribution in [1.29, 1.82) is 0 Å². The first-order valence-electron chi connectivity index (χ1n) is 16.3. The molecular formula is C33H43N9O3. The Balaban J connectivity index is 1.05. The third-order valence-corrected chi connectivity index (χ3v) is 10.1. The van der Waals surface area contributed by atoms with Gasteiger partial charge < -0.3 is 25.8 Å². The van der Waals surface area contributed by atoms with Crippen molar-refractivity contribution in [2.75, 3.05) is 57.7 Å². The van der Waals surface area contributed by atoms with Gasteiger partial charge in [0, 0.05) is 75.4 Å². The number of aryl methyl sites for hydroxylation is 1. The lowest BCUT2D eigenvalue weighted by atomic mass is 9.79. The number of nitrogens with one attached hydrogen (secondary N) is 4. The topological polar surface area (TPSA) is 129 Å². The van der Waals surface area contributed by atoms with E-state index in [0.29, 0.717) is 45.4 Å². The predicted octanol–water partition coefficient (Wildman–Crippen LogP) is 3.16. The third kappa shape index (κ3) is 5.96. The van der Waals surface area contributed by atoms with Crippen molar-refractivity contribution in [2.45, 2.75) is 57.0 Å². The molecule has 238 valence electrons. The maximum Gasteiger partial charge on any atom is 0.319 e. The number of aromatic amines is 1. The van der Waals surface area contributed by atoms with Crippen LogP contribution in [0.3, 0.4) is 0 Å². The van der Waals surface area contributed by atoms with E-state index >= 15 is 0 Å². The van der Waals surface area contributed by atoms with Crippen molar-refractivity contribution in [2.24, 2.45) is 0 Å². The Hall–Kier alpha value is -4.16. The Kier molecular flexibility index (Phi) is 8.09. The second-order valence-corrected chi connectivity index (χ2v) is 12.9. The number of urea groups is 2. The van der Waals surface area contributed by atoms with E-state index in [-0.39, 0.29) is 18.0 Å². The zero-order valence-electron chi connectivity index (χ0n) is 26.0. The average molecular weight is 614 g/mol. The number of H-pyrrole nitrogens is 1. The summed E-state index contributed by atoms with van der Waals surface area (Å²) in [7, 11) is 0. The molecule has 0 radical (unpaired) electrons. The van der Waals surface area contributed by atoms with Crippen LogP contribution >= 0.6 is 0 Å². The van der Waals surface area contributed by atoms with Gasteiger partial charge in [-0.2, -0.15) is 5.10 Å². The fraction of sp³-hybridized carbons (Fsp3) is 0.515. The van der Waals surface area contributed by atoms with E-state index in [1.807, 2.05) is 36.1 Å². The number of likely N-dealkylation sites (tertiary alicyclic amines) is 1. The Morgan fingerprint density at radius 1 is 0.933 bits per heavy atom. The minimum absolute atomic E-state index is 0.0420. The molecule has 5 amide bonds. The molecule has 1 spiro atoms. The molecule has 0 aliphatic carbocycles. The van der Waals surface area contributed by atoms with Crippen molar-refractivity contribution in [3.8, 4) is 0 Å². The van der Waals surface area contributed by atoms with Gasteiger partial charge in [-0.05, 0) is 55.9 Å². The van der Waals surface area contributed by atoms with Crippen molar-refractivity contribution >= 4 is 34.6 Å². The molecule has 0 unspecified atom stereocenters. The van der Waals surface area contributed by atoms with E-state index in [2.05, 4.69) is 48.3 Å². The summed E-state index contributed by atoms with van der Waals surface area (Å²) in [5.41, 5.74) is 4.36. The van der Waals surface area contributed by atoms with Crippen LogP contribution in [-0.2, 0) is 16.8 Å². The van der Waals surface area contributed by atoms with Crippen molar-refractivity contribution in [1.82, 2.24) is 40.6 Å². The molecule has 3 saturated heterocycles. The SMILES string of the molecule is Cc1cc(C[C@@H](NC(=O)N2CCC3(CC2)NC(=O)Nc2ccccc23)C(=O)N2CCN(N3CCCCC3)CC2)cc2cn[nH]c12. The summed E-state index contributed by atoms with van der Waals surface area (Å²) in [6.45, 7) is 8.04. The van der Waals surface area contributed by atoms with E-state index < -0.39 is 11.6 Å². The van der Waals surface area contributed by atoms with Crippen LogP contribution in [0.1, 0.15) is 48.8 Å². The second-order valence-electron chi connectivity index (χ2n) is 12.9. The minimum atomic E-state index is -0.696. The number of rotatable bonds is 5. The molecule has 2 aromatic carbocycles. The van der Waals surface area contributed by atoms with Gasteiger partial charge in [0.15, 0.2) is 0 Å². The van der Waals surface area contributed by atoms with E-state index in [4.69, 9.17) is 0 Å². The minimum Gasteiger partial charge on any atom is -0.338 e. The highest BCUT2D eigenvalue weighted by Crippen LogP contribution is 2.39. The number of hydrogen-bond acceptors (Lipinski definition) is 6. The van der Waals surface area contributed by atoms with Crippen LogP contribution in [0.2, 0.25) is 0 Å². The van der Waals surface area contributed by atoms with Crippen molar-refractivity contribution < 1.29 is 14.4 Å². The summed E-state index contributed by atoms with van der Waals surface area (Å²) >= 11 is 0. The first-order valence-corrected chi connectivity index (χ1v) is 16.3. The standard InChI is InChI=1S/C33H43N9O3/c1-23-19-24(20-25-22-34-38-29(23)25)21-28(30(43)39-15-17-42(18-16-39)41-11-5-2-6-12-41)36-32(45)40-13-9-33(10-14-40)26-7-3-4-8-27(26)35-31(44)37-33/h3-4,7-8,19-20,22,28H,2,5-6,9-18,21H2,1H3,(H,34,38)(H,36,45)(H2,35,37,44)/t28-/m1/s1. The Labute approximate surface area is 263 Å². The molecule has 1 atom stereocenters. The van der Waals surface area contributed by atoms with E-state index in [1.165, 1.54) is 19.3 Å². The highest BCUT2D eigenvalue weighted by Gasteiger charge is 2.43. The molecule has 45 heavy (non-hydrogen) atoms. The van der Waals surface area contributed by atoms with E-state index in [0.717, 1.165) is 59.5 Å². The second kappa shape index (κ2) is 12.3. The van der Waals surface area contributed by atoms with Crippen LogP contribution in [0.4, 0.5) is 15.3 Å². The molecular weight excluding hydrogens is 570 g/mol. The summed E-state index contributed by atoms with van der Waals surface area (Å²) in [6, 6.07) is 10.8. The number of aromatic nitrogens is 2. The number of amides is 5. The number of piperidine rings is 2. The average Bonchev–Trinajstić information content (AvgIpc) is 3.54. The van der Waals surface area contributed by atoms with Gasteiger partial charge in [-0.15, -0.1) is 0 Å². The predicted molar refractivity (Wildman–Crippen MR) is 172 cm³/mol. The van der Waals surface area contributed by atoms with Crippen LogP contribution in [-0.4, -0.2) is 106 Å². The Morgan fingerprint density at radius 3 is 2.44 bits per heavy atom. The lowest BCUT2D eigenvalue weighted by molar-refractivity contribution is -0.139. The van der Waals surface area contributed by atoms with Gasteiger partial charge in [0.25, 0.3) is 0 Å². The smallest absolute Gasteiger partial charge is 0.319 e. The zero-order chi connectivity index (χ0) is 31.0. The molecule has 0 bridgehead atoms. The molecule has 12 nitrogen and oxygen atoms in total. The van der Waals surface area contributed by atoms with Gasteiger partial charge in [0.2, 0.25) is 5.91 Å². The number of anilines is 1. The first kappa shape index (κ1) is 29.5. The number of hydrazine groups is 1. The molecule has 4 aliphatic heterocycles. The van der Waals surface area contributed by atoms with Crippen LogP contribution in [0, 0.1) is 6.92 Å². The Bertz CT molecular complexity index is 1570. The summed E-state index contributed by atoms with van der Waals surface area (Å²) in [5.74, 6) is -0.0420. The number of nitrogens with zero attached hydrogens (tertiary/aromatic N) is 5. The molecule has 7 rings (SSSR count). The van der Waals surface area contributed by atoms with Crippen molar-refractivity contribution in [3.63, 3.8) is 0 Å². The quantitative estimate of drug-likeness (QED) is 0.350. The lowest BCUT2D eigenvalue weighted by Crippen LogP contribution is -2.61. The van der Waals surface area contributed by atoms with Crippen LogP contribution < -0.4 is 16.0 Å². The van der Waals surface area contributed by atoms with Gasteiger partial charge >= 0.3 is 12.1 Å². The van der Waals surface area contributed by atoms with Gasteiger partial charge in [0.1, 0.15) is 6.04 Å². The molecule has 3 aromatic rings. The number of fused-ring (bicyclic) bond motifs is 3. The molecule has 0 saturated carbocycles. The fourth-order valence-corrected chi connectivity index (χ4v) is 7.62. The van der Waals surface area contributed by atoms with Crippen LogP contribution in [0.25, 0.3) is 10.9 Å². The Morgan fingerprint density at radius 2 is 1.67 bits per heavy atom. The lowest BCUT2D eigenvalue weighted by Gasteiger charge is -2.45. The fourth-order valence-electron chi connectivity index (χ4n) is 7.62. The van der Waals surface area contributed by atoms with E-state index in [1.54, 1.807) is 11.1 Å². The maximum atomic E-state index is 14.1. The molecule has 4 aliphatic rings. The number of para-hydroxylation sites is 1. The summed E-state index contributed by atoms with van der Waals surface area (Å²) in [4.78, 5) is 44.1. The van der Waals surface area contributed by atoms with Crippen molar-refractivity contribution in [3.05, 3.63) is 59.3 Å². The number of carbonyl (C=O) groups is 3. The number of benzene rings is 2. The highest BCUT2D eigenvalue weighted by molar-refractivity contribution is 5.94. The first-order chi connectivity index (χ1) is 21.9. The zero-order valence-corrected chi connectivity index (χ0v) is 26.0. The maximum absolute atomic E-state index is 14.1. The number of piperazine rings is 1. The molecule has 5 heterocycles. The third-order valence-electron chi connectivity index (χ3n) is 10.1. The van der Waals surface area contributed by atoms with Gasteiger partial charge in [-0.1, -0.05) is 30.7 Å². The van der Waals surface area contributed by atoms with Crippen LogP contribution in [0.5, 0.6) is 0 Å². The normalized spacial score (nSPS) is 21.2. The van der Waals surface area contributed by atoms with Crippen LogP contribution in [0.15, 0.2) is 42.6 Å². The summed E-state index contributed by atoms with van der Waals surface area (Å²) in [6.07, 6.45) is 7.12. The molecule has 1 aromatic heterocycles. The summed E-state index contributed by atoms with van der Waals surface area (Å²) in [5, 5.41) is 22.2. The highest BCUT2D eigenvalue weighted by atomic mass is 16.2.